The Labute approximate surface area is 200 Å². The van der Waals surface area contributed by atoms with Crippen LogP contribution in [0.2, 0.25) is 5.02 Å². The van der Waals surface area contributed by atoms with Gasteiger partial charge in [0.05, 0.1) is 23.9 Å². The maximum atomic E-state index is 12.6. The summed E-state index contributed by atoms with van der Waals surface area (Å²) in [5, 5.41) is 5.39. The van der Waals surface area contributed by atoms with E-state index in [4.69, 9.17) is 20.8 Å². The molecule has 3 aromatic rings. The second kappa shape index (κ2) is 8.30. The van der Waals surface area contributed by atoms with E-state index in [0.717, 1.165) is 21.1 Å². The van der Waals surface area contributed by atoms with E-state index in [2.05, 4.69) is 58.2 Å². The highest BCUT2D eigenvalue weighted by Gasteiger charge is 2.29. The van der Waals surface area contributed by atoms with Gasteiger partial charge < -0.3 is 14.1 Å². The lowest BCUT2D eigenvalue weighted by Crippen LogP contribution is -2.42. The molecular weight excluding hydrogens is 494 g/mol. The topological polar surface area (TPSA) is 67.1 Å². The number of likely N-dealkylation sites (N-methyl/N-ethyl adjacent to an activating group) is 1. The molecule has 0 bridgehead atoms. The number of halogens is 2. The fourth-order valence-electron chi connectivity index (χ4n) is 3.85. The number of carbonyl (C=O) groups is 1. The predicted octanol–water partition coefficient (Wildman–Crippen LogP) is 6.25. The van der Waals surface area contributed by atoms with Gasteiger partial charge in [-0.3, -0.25) is 4.79 Å². The molecule has 166 valence electrons. The molecule has 0 unspecified atom stereocenters. The molecule has 0 spiro atoms. The number of methoxy groups -OCH3 is 1. The van der Waals surface area contributed by atoms with Gasteiger partial charge in [-0.25, -0.2) is 5.43 Å². The summed E-state index contributed by atoms with van der Waals surface area (Å²) in [7, 11) is 3.60. The molecule has 32 heavy (non-hydrogen) atoms. The smallest absolute Gasteiger partial charge is 0.307 e. The summed E-state index contributed by atoms with van der Waals surface area (Å²) >= 11 is 9.93. The normalized spacial score (nSPS) is 15.1. The zero-order valence-corrected chi connectivity index (χ0v) is 20.8. The highest BCUT2D eigenvalue weighted by atomic mass is 79.9. The maximum Gasteiger partial charge on any atom is 0.307 e. The number of nitrogens with zero attached hydrogens (tertiary/aromatic N) is 2. The standard InChI is InChI=1S/C24H23BrClN3O3/c1-13-11-24(2,3)29(4)19-10-18(26)15(7-17(13)19)12-27-28-23(30)21-8-14-6-16(25)9-20(31-5)22(14)32-21/h6-12H,1-5H3,(H,28,30)/b27-12-. The van der Waals surface area contributed by atoms with Crippen LogP contribution in [0, 0.1) is 0 Å². The Bertz CT molecular complexity index is 1290. The SMILES string of the molecule is COc1cc(Br)cc2cc(C(=O)N/N=C\c3cc4c(cc3Cl)N(C)C(C)(C)C=C4C)oc12. The molecular formula is C24H23BrClN3O3. The van der Waals surface area contributed by atoms with Gasteiger partial charge >= 0.3 is 5.91 Å². The zero-order chi connectivity index (χ0) is 23.2. The number of allylic oxidation sites excluding steroid dienone is 1. The third-order valence-corrected chi connectivity index (χ3v) is 6.48. The van der Waals surface area contributed by atoms with E-state index in [-0.39, 0.29) is 11.3 Å². The first kappa shape index (κ1) is 22.4. The van der Waals surface area contributed by atoms with Gasteiger partial charge in [-0.1, -0.05) is 33.6 Å². The van der Waals surface area contributed by atoms with Crippen molar-refractivity contribution in [1.82, 2.24) is 5.43 Å². The number of amides is 1. The Hall–Kier alpha value is -2.77. The number of nitrogens with one attached hydrogen (secondary N) is 1. The van der Waals surface area contributed by atoms with E-state index in [1.807, 2.05) is 25.2 Å². The first-order valence-electron chi connectivity index (χ1n) is 9.98. The Kier molecular flexibility index (Phi) is 5.81. The van der Waals surface area contributed by atoms with E-state index in [0.29, 0.717) is 21.9 Å². The molecule has 4 rings (SSSR count). The summed E-state index contributed by atoms with van der Waals surface area (Å²) in [6.45, 7) is 6.40. The summed E-state index contributed by atoms with van der Waals surface area (Å²) in [6, 6.07) is 9.18. The number of fused-ring (bicyclic) bond motifs is 2. The van der Waals surface area contributed by atoms with Crippen molar-refractivity contribution in [3.8, 4) is 5.75 Å². The molecule has 0 fully saturated rings. The van der Waals surface area contributed by atoms with Gasteiger partial charge in [0.1, 0.15) is 0 Å². The molecule has 1 aromatic heterocycles. The van der Waals surface area contributed by atoms with Crippen LogP contribution < -0.4 is 15.1 Å². The number of furan rings is 1. The van der Waals surface area contributed by atoms with Gasteiger partial charge in [0, 0.05) is 33.7 Å². The molecule has 1 amide bonds. The van der Waals surface area contributed by atoms with Gasteiger partial charge in [-0.15, -0.1) is 0 Å². The molecule has 1 aliphatic heterocycles. The molecule has 0 aliphatic carbocycles. The fourth-order valence-corrected chi connectivity index (χ4v) is 4.51. The van der Waals surface area contributed by atoms with E-state index in [1.54, 1.807) is 19.2 Å². The zero-order valence-electron chi connectivity index (χ0n) is 18.4. The van der Waals surface area contributed by atoms with Crippen LogP contribution in [0.15, 0.2) is 50.4 Å². The van der Waals surface area contributed by atoms with Crippen LogP contribution in [0.4, 0.5) is 5.69 Å². The Morgan fingerprint density at radius 1 is 1.28 bits per heavy atom. The van der Waals surface area contributed by atoms with E-state index in [1.165, 1.54) is 11.8 Å². The van der Waals surface area contributed by atoms with Crippen molar-refractivity contribution in [2.75, 3.05) is 19.1 Å². The first-order valence-corrected chi connectivity index (χ1v) is 11.2. The molecule has 0 atom stereocenters. The highest BCUT2D eigenvalue weighted by molar-refractivity contribution is 9.10. The van der Waals surface area contributed by atoms with Crippen LogP contribution in [-0.2, 0) is 0 Å². The molecule has 0 saturated heterocycles. The van der Waals surface area contributed by atoms with Crippen molar-refractivity contribution in [3.63, 3.8) is 0 Å². The van der Waals surface area contributed by atoms with Crippen molar-refractivity contribution in [1.29, 1.82) is 0 Å². The van der Waals surface area contributed by atoms with Crippen molar-refractivity contribution >= 4 is 61.9 Å². The average molecular weight is 517 g/mol. The minimum absolute atomic E-state index is 0.102. The van der Waals surface area contributed by atoms with E-state index < -0.39 is 5.91 Å². The summed E-state index contributed by atoms with van der Waals surface area (Å²) < 4.78 is 11.8. The number of benzene rings is 2. The second-order valence-corrected chi connectivity index (χ2v) is 9.59. The number of hydrogen-bond donors (Lipinski definition) is 1. The van der Waals surface area contributed by atoms with Crippen LogP contribution >= 0.6 is 27.5 Å². The molecule has 0 radical (unpaired) electrons. The molecule has 2 heterocycles. The maximum absolute atomic E-state index is 12.6. The van der Waals surface area contributed by atoms with Crippen LogP contribution in [-0.4, -0.2) is 31.8 Å². The minimum atomic E-state index is -0.470. The third-order valence-electron chi connectivity index (χ3n) is 5.70. The minimum Gasteiger partial charge on any atom is -0.493 e. The molecule has 2 aromatic carbocycles. The summed E-state index contributed by atoms with van der Waals surface area (Å²) in [4.78, 5) is 14.7. The van der Waals surface area contributed by atoms with Crippen LogP contribution in [0.5, 0.6) is 5.75 Å². The lowest BCUT2D eigenvalue weighted by Gasteiger charge is -2.40. The number of anilines is 1. The molecule has 1 N–H and O–H groups in total. The van der Waals surface area contributed by atoms with Crippen molar-refractivity contribution in [2.45, 2.75) is 26.3 Å². The Balaban J connectivity index is 1.57. The number of ether oxygens (including phenoxy) is 1. The van der Waals surface area contributed by atoms with Gasteiger partial charge in [-0.05, 0) is 56.7 Å². The highest BCUT2D eigenvalue weighted by Crippen LogP contribution is 2.40. The van der Waals surface area contributed by atoms with Gasteiger partial charge in [0.15, 0.2) is 17.1 Å². The van der Waals surface area contributed by atoms with E-state index >= 15 is 0 Å². The predicted molar refractivity (Wildman–Crippen MR) is 133 cm³/mol. The molecule has 0 saturated carbocycles. The van der Waals surface area contributed by atoms with Crippen molar-refractivity contribution in [3.05, 3.63) is 62.8 Å². The van der Waals surface area contributed by atoms with Crippen molar-refractivity contribution < 1.29 is 13.9 Å². The lowest BCUT2D eigenvalue weighted by molar-refractivity contribution is 0.0929. The molecule has 1 aliphatic rings. The number of carbonyl (C=O) groups excluding carboxylic acids is 1. The first-order chi connectivity index (χ1) is 15.1. The number of hydrazone groups is 1. The fraction of sp³-hybridized carbons (Fsp3) is 0.250. The quantitative estimate of drug-likeness (QED) is 0.329. The monoisotopic (exact) mass is 515 g/mol. The van der Waals surface area contributed by atoms with Crippen molar-refractivity contribution in [2.24, 2.45) is 5.10 Å². The average Bonchev–Trinajstić information content (AvgIpc) is 3.16. The van der Waals surface area contributed by atoms with E-state index in [9.17, 15) is 4.79 Å². The Morgan fingerprint density at radius 2 is 2.03 bits per heavy atom. The Morgan fingerprint density at radius 3 is 2.75 bits per heavy atom. The third kappa shape index (κ3) is 4.02. The summed E-state index contributed by atoms with van der Waals surface area (Å²) in [6.07, 6.45) is 3.76. The van der Waals surface area contributed by atoms with Gasteiger partial charge in [-0.2, -0.15) is 5.10 Å². The van der Waals surface area contributed by atoms with Crippen LogP contribution in [0.3, 0.4) is 0 Å². The molecule has 8 heteroatoms. The summed E-state index contributed by atoms with van der Waals surface area (Å²) in [5.41, 5.74) is 6.91. The van der Waals surface area contributed by atoms with Crippen LogP contribution in [0.25, 0.3) is 16.5 Å². The van der Waals surface area contributed by atoms with Crippen LogP contribution in [0.1, 0.15) is 42.5 Å². The van der Waals surface area contributed by atoms with Gasteiger partial charge in [0.2, 0.25) is 0 Å². The lowest BCUT2D eigenvalue weighted by atomic mass is 9.88. The van der Waals surface area contributed by atoms with Gasteiger partial charge in [0.25, 0.3) is 0 Å². The summed E-state index contributed by atoms with van der Waals surface area (Å²) in [5.74, 6) is 0.198. The molecule has 6 nitrogen and oxygen atoms in total. The number of rotatable bonds is 4. The number of hydrogen-bond acceptors (Lipinski definition) is 5. The second-order valence-electron chi connectivity index (χ2n) is 8.27. The largest absolute Gasteiger partial charge is 0.493 e.